The summed E-state index contributed by atoms with van der Waals surface area (Å²) in [7, 11) is 1.65. The van der Waals surface area contributed by atoms with Gasteiger partial charge in [-0.25, -0.2) is 0 Å². The summed E-state index contributed by atoms with van der Waals surface area (Å²) in [6, 6.07) is 3.20. The van der Waals surface area contributed by atoms with Crippen LogP contribution in [0.25, 0.3) is 0 Å². The van der Waals surface area contributed by atoms with Crippen LogP contribution in [0.2, 0.25) is 0 Å². The molecule has 1 amide bonds. The molecule has 90 valence electrons. The zero-order valence-electron chi connectivity index (χ0n) is 9.60. The van der Waals surface area contributed by atoms with Crippen LogP contribution in [0.5, 0.6) is 0 Å². The number of hydrogen-bond acceptors (Lipinski definition) is 4. The van der Waals surface area contributed by atoms with Crippen molar-refractivity contribution < 1.29 is 9.53 Å². The Balaban J connectivity index is 2.35. The van der Waals surface area contributed by atoms with Crippen molar-refractivity contribution in [2.75, 3.05) is 20.3 Å². The van der Waals surface area contributed by atoms with Crippen LogP contribution in [0.3, 0.4) is 0 Å². The number of methoxy groups -OCH3 is 1. The van der Waals surface area contributed by atoms with E-state index in [4.69, 9.17) is 10.5 Å². The largest absolute Gasteiger partial charge is 0.384 e. The maximum Gasteiger partial charge on any atom is 0.242 e. The first kappa shape index (κ1) is 13.2. The number of nitrogens with two attached hydrogens (primary N) is 1. The van der Waals surface area contributed by atoms with E-state index >= 15 is 0 Å². The number of nitrogens with one attached hydrogen (secondary N) is 1. The van der Waals surface area contributed by atoms with Gasteiger partial charge in [0.05, 0.1) is 6.61 Å². The van der Waals surface area contributed by atoms with Crippen LogP contribution in [0.4, 0.5) is 0 Å². The van der Waals surface area contributed by atoms with E-state index in [9.17, 15) is 4.79 Å². The number of amides is 1. The molecule has 0 radical (unpaired) electrons. The summed E-state index contributed by atoms with van der Waals surface area (Å²) in [5, 5.41) is 4.73. The van der Waals surface area contributed by atoms with E-state index in [0.717, 1.165) is 4.88 Å². The Morgan fingerprint density at radius 2 is 2.44 bits per heavy atom. The predicted molar refractivity (Wildman–Crippen MR) is 65.3 cm³/mol. The third-order valence-electron chi connectivity index (χ3n) is 2.21. The molecule has 0 saturated heterocycles. The maximum absolute atomic E-state index is 11.7. The Kier molecular flexibility index (Phi) is 5.45. The van der Waals surface area contributed by atoms with Gasteiger partial charge in [0.1, 0.15) is 6.04 Å². The van der Waals surface area contributed by atoms with Crippen molar-refractivity contribution in [2.24, 2.45) is 11.7 Å². The SMILES string of the molecule is COCC(C)CNC(=O)C(N)c1cccs1. The molecule has 0 saturated carbocycles. The van der Waals surface area contributed by atoms with Gasteiger partial charge in [-0.15, -0.1) is 11.3 Å². The summed E-state index contributed by atoms with van der Waals surface area (Å²) >= 11 is 1.49. The quantitative estimate of drug-likeness (QED) is 0.786. The van der Waals surface area contributed by atoms with Crippen molar-refractivity contribution in [3.63, 3.8) is 0 Å². The van der Waals surface area contributed by atoms with E-state index in [-0.39, 0.29) is 5.91 Å². The molecule has 1 aromatic rings. The number of carbonyl (C=O) groups excluding carboxylic acids is 1. The Morgan fingerprint density at radius 1 is 1.69 bits per heavy atom. The van der Waals surface area contributed by atoms with Crippen molar-refractivity contribution in [3.8, 4) is 0 Å². The fourth-order valence-corrected chi connectivity index (χ4v) is 2.05. The average molecular weight is 242 g/mol. The van der Waals surface area contributed by atoms with E-state index < -0.39 is 6.04 Å². The maximum atomic E-state index is 11.7. The number of thiophene rings is 1. The summed E-state index contributed by atoms with van der Waals surface area (Å²) in [4.78, 5) is 12.6. The number of rotatable bonds is 6. The molecule has 2 atom stereocenters. The molecule has 0 bridgehead atoms. The summed E-state index contributed by atoms with van der Waals surface area (Å²) in [5.41, 5.74) is 5.81. The lowest BCUT2D eigenvalue weighted by Crippen LogP contribution is -2.36. The predicted octanol–water partition coefficient (Wildman–Crippen LogP) is 1.15. The van der Waals surface area contributed by atoms with Gasteiger partial charge in [-0.2, -0.15) is 0 Å². The fourth-order valence-electron chi connectivity index (χ4n) is 1.33. The highest BCUT2D eigenvalue weighted by Gasteiger charge is 2.16. The molecule has 0 aliphatic heterocycles. The van der Waals surface area contributed by atoms with Crippen molar-refractivity contribution in [3.05, 3.63) is 22.4 Å². The van der Waals surface area contributed by atoms with Crippen LogP contribution in [0.1, 0.15) is 17.8 Å². The van der Waals surface area contributed by atoms with Gasteiger partial charge in [-0.1, -0.05) is 13.0 Å². The topological polar surface area (TPSA) is 64.3 Å². The second kappa shape index (κ2) is 6.62. The van der Waals surface area contributed by atoms with Gasteiger partial charge < -0.3 is 15.8 Å². The van der Waals surface area contributed by atoms with Gasteiger partial charge in [-0.05, 0) is 17.4 Å². The molecule has 4 nitrogen and oxygen atoms in total. The van der Waals surface area contributed by atoms with Crippen LogP contribution < -0.4 is 11.1 Å². The Bertz CT molecular complexity index is 314. The highest BCUT2D eigenvalue weighted by molar-refractivity contribution is 7.10. The van der Waals surface area contributed by atoms with Crippen molar-refractivity contribution in [2.45, 2.75) is 13.0 Å². The van der Waals surface area contributed by atoms with Crippen LogP contribution in [-0.2, 0) is 9.53 Å². The number of carbonyl (C=O) groups is 1. The minimum absolute atomic E-state index is 0.134. The molecule has 5 heteroatoms. The lowest BCUT2D eigenvalue weighted by Gasteiger charge is -2.14. The summed E-state index contributed by atoms with van der Waals surface area (Å²) in [6.45, 7) is 3.24. The van der Waals surface area contributed by atoms with Crippen molar-refractivity contribution >= 4 is 17.2 Å². The summed E-state index contributed by atoms with van der Waals surface area (Å²) in [6.07, 6.45) is 0. The van der Waals surface area contributed by atoms with E-state index in [2.05, 4.69) is 5.32 Å². The standard InChI is InChI=1S/C11H18N2O2S/c1-8(7-15-2)6-13-11(14)10(12)9-4-3-5-16-9/h3-5,8,10H,6-7,12H2,1-2H3,(H,13,14). The molecule has 0 aliphatic rings. The van der Waals surface area contributed by atoms with Gasteiger partial charge in [0, 0.05) is 18.5 Å². The highest BCUT2D eigenvalue weighted by atomic mass is 32.1. The Labute approximate surface area is 99.8 Å². The third kappa shape index (κ3) is 3.92. The monoisotopic (exact) mass is 242 g/mol. The molecule has 0 fully saturated rings. The van der Waals surface area contributed by atoms with E-state index in [0.29, 0.717) is 19.1 Å². The Morgan fingerprint density at radius 3 is 3.00 bits per heavy atom. The van der Waals surface area contributed by atoms with E-state index in [1.165, 1.54) is 11.3 Å². The fraction of sp³-hybridized carbons (Fsp3) is 0.545. The Hall–Kier alpha value is -0.910. The molecule has 16 heavy (non-hydrogen) atoms. The molecule has 0 aromatic carbocycles. The lowest BCUT2D eigenvalue weighted by atomic mass is 10.2. The van der Waals surface area contributed by atoms with Crippen molar-refractivity contribution in [1.29, 1.82) is 0 Å². The van der Waals surface area contributed by atoms with Crippen LogP contribution in [0.15, 0.2) is 17.5 Å². The summed E-state index contributed by atoms with van der Waals surface area (Å²) in [5.74, 6) is 0.162. The van der Waals surface area contributed by atoms with Crippen molar-refractivity contribution in [1.82, 2.24) is 5.32 Å². The molecule has 2 unspecified atom stereocenters. The lowest BCUT2D eigenvalue weighted by molar-refractivity contribution is -0.122. The van der Waals surface area contributed by atoms with Crippen LogP contribution in [0, 0.1) is 5.92 Å². The first-order valence-corrected chi connectivity index (χ1v) is 6.08. The molecular weight excluding hydrogens is 224 g/mol. The first-order chi connectivity index (χ1) is 7.65. The molecule has 1 heterocycles. The highest BCUT2D eigenvalue weighted by Crippen LogP contribution is 2.16. The normalized spacial score (nSPS) is 14.4. The summed E-state index contributed by atoms with van der Waals surface area (Å²) < 4.78 is 4.99. The van der Waals surface area contributed by atoms with Gasteiger partial charge in [-0.3, -0.25) is 4.79 Å². The second-order valence-electron chi connectivity index (χ2n) is 3.80. The van der Waals surface area contributed by atoms with E-state index in [1.807, 2.05) is 24.4 Å². The molecule has 0 aliphatic carbocycles. The molecule has 1 aromatic heterocycles. The smallest absolute Gasteiger partial charge is 0.242 e. The molecule has 1 rings (SSSR count). The zero-order chi connectivity index (χ0) is 12.0. The third-order valence-corrected chi connectivity index (χ3v) is 3.16. The number of ether oxygens (including phenoxy) is 1. The molecular formula is C11H18N2O2S. The van der Waals surface area contributed by atoms with Crippen LogP contribution >= 0.6 is 11.3 Å². The van der Waals surface area contributed by atoms with Gasteiger partial charge in [0.25, 0.3) is 0 Å². The minimum Gasteiger partial charge on any atom is -0.384 e. The molecule has 0 spiro atoms. The van der Waals surface area contributed by atoms with Gasteiger partial charge in [0.2, 0.25) is 5.91 Å². The van der Waals surface area contributed by atoms with Gasteiger partial charge >= 0.3 is 0 Å². The van der Waals surface area contributed by atoms with E-state index in [1.54, 1.807) is 7.11 Å². The van der Waals surface area contributed by atoms with Crippen LogP contribution in [-0.4, -0.2) is 26.2 Å². The minimum atomic E-state index is -0.560. The second-order valence-corrected chi connectivity index (χ2v) is 4.78. The molecule has 3 N–H and O–H groups in total. The average Bonchev–Trinajstić information content (AvgIpc) is 2.78. The zero-order valence-corrected chi connectivity index (χ0v) is 10.4. The van der Waals surface area contributed by atoms with Gasteiger partial charge in [0.15, 0.2) is 0 Å². The number of hydrogen-bond donors (Lipinski definition) is 2. The first-order valence-electron chi connectivity index (χ1n) is 5.20.